The Kier molecular flexibility index (Phi) is 4.66. The van der Waals surface area contributed by atoms with Crippen LogP contribution in [-0.4, -0.2) is 34.2 Å². The molecule has 2 aliphatic rings. The standard InChI is InChI=1S/C22H26N2O2/c1-23(17-10-6-3-7-11-17)22(26)18-14-15-24-19(18)12-13-20(24)21(25)16-8-4-2-5-9-16/h2,4-5,8-9,12-13,17-18H,3,6-7,10-11,14-15H2,1H3. The molecule has 4 rings (SSSR count). The van der Waals surface area contributed by atoms with Crippen molar-refractivity contribution in [3.05, 3.63) is 59.4 Å². The highest BCUT2D eigenvalue weighted by molar-refractivity contribution is 6.08. The molecular weight excluding hydrogens is 324 g/mol. The van der Waals surface area contributed by atoms with E-state index in [1.807, 2.05) is 59.0 Å². The molecule has 1 aromatic carbocycles. The first-order chi connectivity index (χ1) is 12.7. The van der Waals surface area contributed by atoms with E-state index in [0.717, 1.165) is 31.5 Å². The fourth-order valence-corrected chi connectivity index (χ4v) is 4.52. The van der Waals surface area contributed by atoms with Crippen LogP contribution in [0.5, 0.6) is 0 Å². The van der Waals surface area contributed by atoms with Gasteiger partial charge in [-0.3, -0.25) is 9.59 Å². The average molecular weight is 350 g/mol. The van der Waals surface area contributed by atoms with E-state index in [1.54, 1.807) is 0 Å². The second-order valence-electron chi connectivity index (χ2n) is 7.57. The first kappa shape index (κ1) is 17.1. The molecule has 2 aromatic rings. The largest absolute Gasteiger partial charge is 0.342 e. The van der Waals surface area contributed by atoms with Crippen LogP contribution in [0.4, 0.5) is 0 Å². The molecule has 4 heteroatoms. The summed E-state index contributed by atoms with van der Waals surface area (Å²) >= 11 is 0. The summed E-state index contributed by atoms with van der Waals surface area (Å²) in [5.41, 5.74) is 2.39. The zero-order chi connectivity index (χ0) is 18.1. The summed E-state index contributed by atoms with van der Waals surface area (Å²) in [4.78, 5) is 27.9. The molecule has 0 N–H and O–H groups in total. The zero-order valence-corrected chi connectivity index (χ0v) is 15.4. The average Bonchev–Trinajstić information content (AvgIpc) is 3.30. The molecule has 0 bridgehead atoms. The van der Waals surface area contributed by atoms with Gasteiger partial charge in [0.25, 0.3) is 0 Å². The Bertz CT molecular complexity index is 803. The van der Waals surface area contributed by atoms with Crippen LogP contribution >= 0.6 is 0 Å². The lowest BCUT2D eigenvalue weighted by Crippen LogP contribution is -2.40. The van der Waals surface area contributed by atoms with Gasteiger partial charge in [0.05, 0.1) is 11.6 Å². The van der Waals surface area contributed by atoms with Gasteiger partial charge in [0.1, 0.15) is 0 Å². The van der Waals surface area contributed by atoms with Crippen molar-refractivity contribution in [1.29, 1.82) is 0 Å². The minimum Gasteiger partial charge on any atom is -0.342 e. The number of aromatic nitrogens is 1. The van der Waals surface area contributed by atoms with Crippen LogP contribution in [0.1, 0.15) is 66.2 Å². The molecule has 1 aliphatic heterocycles. The summed E-state index contributed by atoms with van der Waals surface area (Å²) in [5.74, 6) is 0.136. The quantitative estimate of drug-likeness (QED) is 0.782. The summed E-state index contributed by atoms with van der Waals surface area (Å²) in [5, 5.41) is 0. The number of carbonyl (C=O) groups excluding carboxylic acids is 2. The minimum atomic E-state index is -0.112. The van der Waals surface area contributed by atoms with Crippen LogP contribution < -0.4 is 0 Å². The second-order valence-corrected chi connectivity index (χ2v) is 7.57. The predicted octanol–water partition coefficient (Wildman–Crippen LogP) is 4.00. The highest BCUT2D eigenvalue weighted by atomic mass is 16.2. The van der Waals surface area contributed by atoms with Crippen molar-refractivity contribution in [2.45, 2.75) is 57.0 Å². The van der Waals surface area contributed by atoms with Crippen LogP contribution in [0.15, 0.2) is 42.5 Å². The van der Waals surface area contributed by atoms with Gasteiger partial charge >= 0.3 is 0 Å². The number of ketones is 1. The fraction of sp³-hybridized carbons (Fsp3) is 0.455. The Labute approximate surface area is 154 Å². The first-order valence-corrected chi connectivity index (χ1v) is 9.72. The number of amides is 1. The highest BCUT2D eigenvalue weighted by Crippen LogP contribution is 2.34. The van der Waals surface area contributed by atoms with Crippen LogP contribution in [0, 0.1) is 0 Å². The Morgan fingerprint density at radius 2 is 1.69 bits per heavy atom. The molecule has 136 valence electrons. The fourth-order valence-electron chi connectivity index (χ4n) is 4.52. The molecule has 1 saturated carbocycles. The second kappa shape index (κ2) is 7.10. The van der Waals surface area contributed by atoms with E-state index in [0.29, 0.717) is 17.3 Å². The predicted molar refractivity (Wildman–Crippen MR) is 101 cm³/mol. The number of likely N-dealkylation sites (N-methyl/N-ethyl adjacent to an activating group) is 1. The van der Waals surface area contributed by atoms with Crippen molar-refractivity contribution in [2.24, 2.45) is 0 Å². The van der Waals surface area contributed by atoms with Crippen molar-refractivity contribution in [2.75, 3.05) is 7.05 Å². The van der Waals surface area contributed by atoms with E-state index < -0.39 is 0 Å². The summed E-state index contributed by atoms with van der Waals surface area (Å²) < 4.78 is 2.05. The molecule has 2 heterocycles. The van der Waals surface area contributed by atoms with E-state index in [4.69, 9.17) is 0 Å². The number of fused-ring (bicyclic) bond motifs is 1. The molecule has 1 unspecified atom stereocenters. The maximum Gasteiger partial charge on any atom is 0.231 e. The third-order valence-electron chi connectivity index (χ3n) is 6.05. The zero-order valence-electron chi connectivity index (χ0n) is 15.4. The minimum absolute atomic E-state index is 0.0329. The SMILES string of the molecule is CN(C(=O)C1CCn2c(C(=O)c3ccccc3)ccc21)C1CCCCC1. The Balaban J connectivity index is 1.54. The molecule has 0 saturated heterocycles. The van der Waals surface area contributed by atoms with Gasteiger partial charge in [0.2, 0.25) is 11.7 Å². The van der Waals surface area contributed by atoms with Gasteiger partial charge in [0.15, 0.2) is 0 Å². The van der Waals surface area contributed by atoms with Gasteiger partial charge in [0, 0.05) is 30.9 Å². The topological polar surface area (TPSA) is 42.3 Å². The molecule has 1 fully saturated rings. The molecule has 0 radical (unpaired) electrons. The normalized spacial score (nSPS) is 20.0. The van der Waals surface area contributed by atoms with Crippen LogP contribution in [0.3, 0.4) is 0 Å². The lowest BCUT2D eigenvalue weighted by Gasteiger charge is -2.32. The number of nitrogens with zero attached hydrogens (tertiary/aromatic N) is 2. The van der Waals surface area contributed by atoms with Crippen molar-refractivity contribution >= 4 is 11.7 Å². The molecule has 4 nitrogen and oxygen atoms in total. The molecule has 26 heavy (non-hydrogen) atoms. The van der Waals surface area contributed by atoms with Crippen molar-refractivity contribution < 1.29 is 9.59 Å². The summed E-state index contributed by atoms with van der Waals surface area (Å²) in [6, 6.07) is 13.6. The van der Waals surface area contributed by atoms with Crippen molar-refractivity contribution in [1.82, 2.24) is 9.47 Å². The van der Waals surface area contributed by atoms with Gasteiger partial charge in [-0.25, -0.2) is 0 Å². The number of carbonyl (C=O) groups is 2. The smallest absolute Gasteiger partial charge is 0.231 e. The summed E-state index contributed by atoms with van der Waals surface area (Å²) in [6.45, 7) is 0.741. The lowest BCUT2D eigenvalue weighted by atomic mass is 9.93. The molecule has 0 spiro atoms. The van der Waals surface area contributed by atoms with Crippen molar-refractivity contribution in [3.8, 4) is 0 Å². The maximum absolute atomic E-state index is 13.1. The number of hydrogen-bond acceptors (Lipinski definition) is 2. The third-order valence-corrected chi connectivity index (χ3v) is 6.05. The highest BCUT2D eigenvalue weighted by Gasteiger charge is 2.35. The summed E-state index contributed by atoms with van der Waals surface area (Å²) in [7, 11) is 1.96. The lowest BCUT2D eigenvalue weighted by molar-refractivity contribution is -0.134. The van der Waals surface area contributed by atoms with Crippen LogP contribution in [-0.2, 0) is 11.3 Å². The van der Waals surface area contributed by atoms with Crippen molar-refractivity contribution in [3.63, 3.8) is 0 Å². The Hall–Kier alpha value is -2.36. The monoisotopic (exact) mass is 350 g/mol. The number of hydrogen-bond donors (Lipinski definition) is 0. The van der Waals surface area contributed by atoms with E-state index >= 15 is 0 Å². The number of benzene rings is 1. The maximum atomic E-state index is 13.1. The van der Waals surface area contributed by atoms with Gasteiger partial charge in [-0.05, 0) is 31.4 Å². The molecule has 1 amide bonds. The van der Waals surface area contributed by atoms with Gasteiger partial charge in [-0.2, -0.15) is 0 Å². The molecule has 1 atom stereocenters. The van der Waals surface area contributed by atoms with Gasteiger partial charge in [-0.15, -0.1) is 0 Å². The Morgan fingerprint density at radius 1 is 0.962 bits per heavy atom. The summed E-state index contributed by atoms with van der Waals surface area (Å²) in [6.07, 6.45) is 6.76. The van der Waals surface area contributed by atoms with E-state index in [9.17, 15) is 9.59 Å². The number of rotatable bonds is 4. The van der Waals surface area contributed by atoms with Gasteiger partial charge < -0.3 is 9.47 Å². The van der Waals surface area contributed by atoms with E-state index in [1.165, 1.54) is 19.3 Å². The van der Waals surface area contributed by atoms with E-state index in [-0.39, 0.29) is 17.6 Å². The van der Waals surface area contributed by atoms with Crippen LogP contribution in [0.2, 0.25) is 0 Å². The van der Waals surface area contributed by atoms with Crippen LogP contribution in [0.25, 0.3) is 0 Å². The molecule has 1 aliphatic carbocycles. The first-order valence-electron chi connectivity index (χ1n) is 9.72. The van der Waals surface area contributed by atoms with E-state index in [2.05, 4.69) is 0 Å². The molecular formula is C22H26N2O2. The Morgan fingerprint density at radius 3 is 2.42 bits per heavy atom. The molecule has 1 aromatic heterocycles. The third kappa shape index (κ3) is 2.98. The van der Waals surface area contributed by atoms with Gasteiger partial charge in [-0.1, -0.05) is 49.6 Å².